The number of hydrogen-bond acceptors (Lipinski definition) is 6. The van der Waals surface area contributed by atoms with Crippen molar-refractivity contribution in [3.63, 3.8) is 0 Å². The van der Waals surface area contributed by atoms with Gasteiger partial charge in [-0.25, -0.2) is 4.98 Å². The molecule has 0 aliphatic rings. The molecule has 0 aliphatic carbocycles. The number of nitrogens with zero attached hydrogens (tertiary/aromatic N) is 1. The highest BCUT2D eigenvalue weighted by molar-refractivity contribution is 8.00. The third-order valence-corrected chi connectivity index (χ3v) is 6.48. The number of aromatic nitrogens is 1. The molecule has 0 spiro atoms. The Balaban J connectivity index is 1.65. The predicted molar refractivity (Wildman–Crippen MR) is 111 cm³/mol. The molecule has 0 saturated heterocycles. The van der Waals surface area contributed by atoms with Crippen LogP contribution in [0.5, 0.6) is 5.75 Å². The Labute approximate surface area is 164 Å². The van der Waals surface area contributed by atoms with Crippen molar-refractivity contribution in [3.8, 4) is 5.75 Å². The first-order valence-electron chi connectivity index (χ1n) is 8.38. The molecule has 1 amide bonds. The van der Waals surface area contributed by atoms with E-state index in [1.165, 1.54) is 0 Å². The summed E-state index contributed by atoms with van der Waals surface area (Å²) in [4.78, 5) is 18.0. The summed E-state index contributed by atoms with van der Waals surface area (Å²) >= 11 is 3.14. The number of methoxy groups -OCH3 is 1. The van der Waals surface area contributed by atoms with Crippen LogP contribution in [-0.4, -0.2) is 24.3 Å². The molecule has 4 aromatic rings. The molecular formula is C20H18N2O3S2. The molecule has 0 aliphatic heterocycles. The van der Waals surface area contributed by atoms with Crippen LogP contribution in [0.2, 0.25) is 0 Å². The van der Waals surface area contributed by atoms with Crippen LogP contribution in [0.4, 0.5) is 5.69 Å². The second-order valence-corrected chi connectivity index (χ2v) is 8.20. The Morgan fingerprint density at radius 2 is 2.07 bits per heavy atom. The van der Waals surface area contributed by atoms with Gasteiger partial charge in [0.2, 0.25) is 5.91 Å². The van der Waals surface area contributed by atoms with Crippen LogP contribution >= 0.6 is 23.1 Å². The van der Waals surface area contributed by atoms with Crippen LogP contribution in [0, 0.1) is 6.92 Å². The molecule has 0 saturated carbocycles. The van der Waals surface area contributed by atoms with E-state index in [-0.39, 0.29) is 12.3 Å². The van der Waals surface area contributed by atoms with Gasteiger partial charge in [-0.3, -0.25) is 4.79 Å². The number of thiazole rings is 1. The second-order valence-electron chi connectivity index (χ2n) is 6.06. The van der Waals surface area contributed by atoms with Crippen LogP contribution in [0.3, 0.4) is 0 Å². The summed E-state index contributed by atoms with van der Waals surface area (Å²) in [6.45, 7) is 1.93. The standard InChI is InChI=1S/C20H18N2O3S2/c1-11-18(27-20(21-11)26-3)10-19(23)22-14-9-16-13(8-17(14)24-2)12-6-4-5-7-15(12)25-16/h4-9H,10H2,1-3H3,(H,22,23). The maximum absolute atomic E-state index is 12.6. The van der Waals surface area contributed by atoms with Gasteiger partial charge in [-0.1, -0.05) is 30.0 Å². The van der Waals surface area contributed by atoms with Crippen molar-refractivity contribution < 1.29 is 13.9 Å². The quantitative estimate of drug-likeness (QED) is 0.464. The van der Waals surface area contributed by atoms with Crippen molar-refractivity contribution in [3.05, 3.63) is 47.0 Å². The SMILES string of the molecule is COc1cc2c(cc1NC(=O)Cc1sc(SC)nc1C)oc1ccccc12. The molecule has 0 radical (unpaired) electrons. The smallest absolute Gasteiger partial charge is 0.229 e. The summed E-state index contributed by atoms with van der Waals surface area (Å²) in [6.07, 6.45) is 2.26. The molecular weight excluding hydrogens is 380 g/mol. The molecule has 1 N–H and O–H groups in total. The predicted octanol–water partition coefficient (Wildman–Crippen LogP) is 5.26. The molecule has 0 unspecified atom stereocenters. The number of para-hydroxylation sites is 1. The van der Waals surface area contributed by atoms with Gasteiger partial charge < -0.3 is 14.5 Å². The minimum Gasteiger partial charge on any atom is -0.495 e. The normalized spacial score (nSPS) is 11.2. The molecule has 5 nitrogen and oxygen atoms in total. The van der Waals surface area contributed by atoms with Gasteiger partial charge in [0.25, 0.3) is 0 Å². The molecule has 4 rings (SSSR count). The van der Waals surface area contributed by atoms with Crippen molar-refractivity contribution >= 4 is 56.6 Å². The first-order valence-corrected chi connectivity index (χ1v) is 10.4. The Hall–Kier alpha value is -2.51. The maximum Gasteiger partial charge on any atom is 0.229 e. The van der Waals surface area contributed by atoms with E-state index in [0.717, 1.165) is 31.3 Å². The van der Waals surface area contributed by atoms with Crippen molar-refractivity contribution in [1.29, 1.82) is 0 Å². The summed E-state index contributed by atoms with van der Waals surface area (Å²) in [6, 6.07) is 11.6. The van der Waals surface area contributed by atoms with Crippen molar-refractivity contribution in [1.82, 2.24) is 4.98 Å². The average molecular weight is 399 g/mol. The Morgan fingerprint density at radius 3 is 2.81 bits per heavy atom. The maximum atomic E-state index is 12.6. The second kappa shape index (κ2) is 7.25. The zero-order valence-electron chi connectivity index (χ0n) is 15.2. The first kappa shape index (κ1) is 17.9. The zero-order chi connectivity index (χ0) is 19.0. The fourth-order valence-electron chi connectivity index (χ4n) is 3.01. The van der Waals surface area contributed by atoms with Gasteiger partial charge in [0, 0.05) is 21.7 Å². The van der Waals surface area contributed by atoms with Crippen molar-refractivity contribution in [2.45, 2.75) is 17.7 Å². The lowest BCUT2D eigenvalue weighted by molar-refractivity contribution is -0.115. The van der Waals surface area contributed by atoms with E-state index in [2.05, 4.69) is 10.3 Å². The van der Waals surface area contributed by atoms with Gasteiger partial charge in [-0.2, -0.15) is 0 Å². The molecule has 0 atom stereocenters. The minimum absolute atomic E-state index is 0.108. The van der Waals surface area contributed by atoms with E-state index in [9.17, 15) is 4.79 Å². The van der Waals surface area contributed by atoms with E-state index in [4.69, 9.17) is 9.15 Å². The topological polar surface area (TPSA) is 64.4 Å². The number of aryl methyl sites for hydroxylation is 1. The van der Waals surface area contributed by atoms with Gasteiger partial charge in [0.05, 0.1) is 24.9 Å². The van der Waals surface area contributed by atoms with E-state index in [0.29, 0.717) is 17.0 Å². The van der Waals surface area contributed by atoms with Gasteiger partial charge in [-0.05, 0) is 25.3 Å². The van der Waals surface area contributed by atoms with Crippen LogP contribution in [0.15, 0.2) is 45.2 Å². The van der Waals surface area contributed by atoms with E-state index in [1.807, 2.05) is 49.6 Å². The third-order valence-electron chi connectivity index (χ3n) is 4.34. The van der Waals surface area contributed by atoms with Crippen molar-refractivity contribution in [2.24, 2.45) is 0 Å². The number of benzene rings is 2. The molecule has 138 valence electrons. The van der Waals surface area contributed by atoms with Gasteiger partial charge in [-0.15, -0.1) is 11.3 Å². The summed E-state index contributed by atoms with van der Waals surface area (Å²) in [7, 11) is 1.59. The lowest BCUT2D eigenvalue weighted by Crippen LogP contribution is -2.14. The van der Waals surface area contributed by atoms with Gasteiger partial charge >= 0.3 is 0 Å². The summed E-state index contributed by atoms with van der Waals surface area (Å²) < 4.78 is 12.4. The van der Waals surface area contributed by atoms with Crippen LogP contribution < -0.4 is 10.1 Å². The highest BCUT2D eigenvalue weighted by atomic mass is 32.2. The fourth-order valence-corrected chi connectivity index (χ4v) is 4.66. The number of ether oxygens (including phenoxy) is 1. The highest BCUT2D eigenvalue weighted by Gasteiger charge is 2.16. The Kier molecular flexibility index (Phi) is 4.80. The number of nitrogens with one attached hydrogen (secondary N) is 1. The first-order chi connectivity index (χ1) is 13.1. The van der Waals surface area contributed by atoms with E-state index < -0.39 is 0 Å². The number of furan rings is 1. The molecule has 2 heterocycles. The number of carbonyl (C=O) groups is 1. The molecule has 0 fully saturated rings. The number of rotatable bonds is 5. The van der Waals surface area contributed by atoms with Crippen molar-refractivity contribution in [2.75, 3.05) is 18.7 Å². The van der Waals surface area contributed by atoms with Gasteiger partial charge in [0.15, 0.2) is 0 Å². The molecule has 27 heavy (non-hydrogen) atoms. The van der Waals surface area contributed by atoms with E-state index >= 15 is 0 Å². The van der Waals surface area contributed by atoms with Gasteiger partial charge in [0.1, 0.15) is 21.3 Å². The lowest BCUT2D eigenvalue weighted by Gasteiger charge is -2.10. The largest absolute Gasteiger partial charge is 0.495 e. The number of carbonyl (C=O) groups excluding carboxylic acids is 1. The van der Waals surface area contributed by atoms with Crippen LogP contribution in [0.1, 0.15) is 10.6 Å². The zero-order valence-corrected chi connectivity index (χ0v) is 16.8. The molecule has 2 aromatic heterocycles. The molecule has 2 aromatic carbocycles. The fraction of sp³-hybridized carbons (Fsp3) is 0.200. The average Bonchev–Trinajstić information content (AvgIpc) is 3.20. The Morgan fingerprint density at radius 1 is 1.26 bits per heavy atom. The third kappa shape index (κ3) is 3.40. The summed E-state index contributed by atoms with van der Waals surface area (Å²) in [5.74, 6) is 0.497. The molecule has 7 heteroatoms. The monoisotopic (exact) mass is 398 g/mol. The number of anilines is 1. The lowest BCUT2D eigenvalue weighted by atomic mass is 10.1. The Bertz CT molecular complexity index is 1150. The minimum atomic E-state index is -0.108. The molecule has 0 bridgehead atoms. The summed E-state index contributed by atoms with van der Waals surface area (Å²) in [5.41, 5.74) is 3.02. The number of hydrogen-bond donors (Lipinski definition) is 1. The summed E-state index contributed by atoms with van der Waals surface area (Å²) in [5, 5.41) is 4.93. The number of thioether (sulfide) groups is 1. The van der Waals surface area contributed by atoms with E-state index in [1.54, 1.807) is 30.2 Å². The number of fused-ring (bicyclic) bond motifs is 3. The van der Waals surface area contributed by atoms with Crippen LogP contribution in [0.25, 0.3) is 21.9 Å². The van der Waals surface area contributed by atoms with Crippen LogP contribution in [-0.2, 0) is 11.2 Å². The number of amides is 1. The highest BCUT2D eigenvalue weighted by Crippen LogP contribution is 2.36.